The van der Waals surface area contributed by atoms with Crippen molar-refractivity contribution in [2.75, 3.05) is 12.5 Å². The van der Waals surface area contributed by atoms with Crippen LogP contribution in [0.3, 0.4) is 0 Å². The average Bonchev–Trinajstić information content (AvgIpc) is 2.15. The first-order valence-corrected chi connectivity index (χ1v) is 4.62. The maximum absolute atomic E-state index is 9.38. The monoisotopic (exact) mass is 211 g/mol. The van der Waals surface area contributed by atoms with Crippen LogP contribution >= 0.6 is 11.6 Å². The van der Waals surface area contributed by atoms with Gasteiger partial charge in [0.15, 0.2) is 0 Å². The molecule has 0 amide bonds. The maximum atomic E-state index is 9.38. The van der Waals surface area contributed by atoms with Crippen molar-refractivity contribution < 1.29 is 20.4 Å². The maximum Gasteiger partial charge on any atom is 0.109 e. The van der Waals surface area contributed by atoms with E-state index >= 15 is 0 Å². The van der Waals surface area contributed by atoms with Crippen LogP contribution < -0.4 is 5.32 Å². The Bertz CT molecular complexity index is 151. The fourth-order valence-corrected chi connectivity index (χ4v) is 1.72. The third-order valence-electron chi connectivity index (χ3n) is 2.32. The minimum absolute atomic E-state index is 0.113. The number of aliphatic hydroxyl groups excluding tert-OH is 4. The fraction of sp³-hybridized carbons (Fsp3) is 1.00. The molecule has 78 valence electrons. The van der Waals surface area contributed by atoms with Crippen molar-refractivity contribution >= 4 is 11.6 Å². The Morgan fingerprint density at radius 1 is 1.00 bits per heavy atom. The minimum atomic E-state index is -1.26. The molecule has 1 heterocycles. The number of piperidine rings is 1. The Morgan fingerprint density at radius 3 is 2.00 bits per heavy atom. The summed E-state index contributed by atoms with van der Waals surface area (Å²) in [5, 5.41) is 39.6. The van der Waals surface area contributed by atoms with Crippen LogP contribution in [-0.2, 0) is 0 Å². The average molecular weight is 212 g/mol. The first-order valence-electron chi connectivity index (χ1n) is 4.09. The van der Waals surface area contributed by atoms with Gasteiger partial charge in [-0.05, 0) is 0 Å². The van der Waals surface area contributed by atoms with Crippen molar-refractivity contribution in [1.82, 2.24) is 5.32 Å². The summed E-state index contributed by atoms with van der Waals surface area (Å²) >= 11 is 5.51. The molecular weight excluding hydrogens is 198 g/mol. The van der Waals surface area contributed by atoms with Crippen LogP contribution in [0.4, 0.5) is 0 Å². The molecule has 1 fully saturated rings. The van der Waals surface area contributed by atoms with Crippen LogP contribution in [0.25, 0.3) is 0 Å². The zero-order valence-corrected chi connectivity index (χ0v) is 7.72. The highest BCUT2D eigenvalue weighted by atomic mass is 35.5. The lowest BCUT2D eigenvalue weighted by Crippen LogP contribution is -2.66. The predicted octanol–water partition coefficient (Wildman–Crippen LogP) is -2.36. The fourth-order valence-electron chi connectivity index (χ4n) is 1.45. The summed E-state index contributed by atoms with van der Waals surface area (Å²) in [5.74, 6) is 0.113. The molecule has 1 aliphatic rings. The van der Waals surface area contributed by atoms with E-state index in [9.17, 15) is 15.3 Å². The number of halogens is 1. The summed E-state index contributed by atoms with van der Waals surface area (Å²) < 4.78 is 0. The van der Waals surface area contributed by atoms with E-state index < -0.39 is 30.4 Å². The normalized spacial score (nSPS) is 46.4. The van der Waals surface area contributed by atoms with E-state index in [4.69, 9.17) is 16.7 Å². The molecule has 0 aromatic heterocycles. The van der Waals surface area contributed by atoms with Gasteiger partial charge in [0.05, 0.1) is 24.9 Å². The van der Waals surface area contributed by atoms with Crippen molar-refractivity contribution in [1.29, 1.82) is 0 Å². The smallest absolute Gasteiger partial charge is 0.109 e. The quantitative estimate of drug-likeness (QED) is 0.330. The zero-order chi connectivity index (χ0) is 10.0. The van der Waals surface area contributed by atoms with Crippen LogP contribution in [0.5, 0.6) is 0 Å². The highest BCUT2D eigenvalue weighted by Crippen LogP contribution is 2.16. The molecule has 1 aliphatic heterocycles. The van der Waals surface area contributed by atoms with E-state index in [0.29, 0.717) is 0 Å². The molecule has 0 aliphatic carbocycles. The molecule has 0 saturated carbocycles. The number of aliphatic hydroxyl groups is 4. The molecule has 1 saturated heterocycles. The molecule has 5 N–H and O–H groups in total. The molecule has 1 rings (SSSR count). The summed E-state index contributed by atoms with van der Waals surface area (Å²) in [6.45, 7) is -0.307. The number of hydrogen-bond donors (Lipinski definition) is 5. The van der Waals surface area contributed by atoms with E-state index in [1.54, 1.807) is 0 Å². The summed E-state index contributed by atoms with van der Waals surface area (Å²) in [6.07, 6.45) is -3.53. The molecule has 5 nitrogen and oxygen atoms in total. The van der Waals surface area contributed by atoms with E-state index in [-0.39, 0.29) is 12.5 Å². The Morgan fingerprint density at radius 2 is 1.54 bits per heavy atom. The van der Waals surface area contributed by atoms with E-state index in [2.05, 4.69) is 5.32 Å². The van der Waals surface area contributed by atoms with Gasteiger partial charge in [-0.3, -0.25) is 0 Å². The molecule has 6 heteroatoms. The molecule has 0 unspecified atom stereocenters. The van der Waals surface area contributed by atoms with Crippen LogP contribution in [0.15, 0.2) is 0 Å². The SMILES string of the molecule is OC[C@H]1N[C@H](CCl)[C@H](O)[C@@H](O)[C@H]1O. The zero-order valence-electron chi connectivity index (χ0n) is 6.97. The lowest BCUT2D eigenvalue weighted by atomic mass is 9.91. The van der Waals surface area contributed by atoms with Gasteiger partial charge in [-0.15, -0.1) is 11.6 Å². The third kappa shape index (κ3) is 2.12. The van der Waals surface area contributed by atoms with Gasteiger partial charge >= 0.3 is 0 Å². The van der Waals surface area contributed by atoms with E-state index in [1.165, 1.54) is 0 Å². The highest BCUT2D eigenvalue weighted by Gasteiger charge is 2.41. The summed E-state index contributed by atoms with van der Waals surface area (Å²) in [5.41, 5.74) is 0. The standard InChI is InChI=1S/C7H14ClNO4/c8-1-3-5(11)7(13)6(12)4(2-10)9-3/h3-7,9-13H,1-2H2/t3-,4-,5+,6+,7-/m1/s1. The lowest BCUT2D eigenvalue weighted by molar-refractivity contribution is -0.116. The summed E-state index contributed by atoms with van der Waals surface area (Å²) in [6, 6.07) is -1.14. The van der Waals surface area contributed by atoms with Crippen molar-refractivity contribution in [2.45, 2.75) is 30.4 Å². The van der Waals surface area contributed by atoms with Crippen molar-refractivity contribution in [2.24, 2.45) is 0 Å². The number of hydrogen-bond acceptors (Lipinski definition) is 5. The first kappa shape index (κ1) is 11.2. The van der Waals surface area contributed by atoms with Gasteiger partial charge in [0.25, 0.3) is 0 Å². The molecule has 13 heavy (non-hydrogen) atoms. The Kier molecular flexibility index (Phi) is 3.90. The second kappa shape index (κ2) is 4.54. The van der Waals surface area contributed by atoms with Gasteiger partial charge in [-0.2, -0.15) is 0 Å². The Labute approximate surface area is 81.0 Å². The molecule has 0 aromatic rings. The Balaban J connectivity index is 2.66. The van der Waals surface area contributed by atoms with Gasteiger partial charge in [0, 0.05) is 11.9 Å². The van der Waals surface area contributed by atoms with Gasteiger partial charge in [-0.1, -0.05) is 0 Å². The third-order valence-corrected chi connectivity index (χ3v) is 2.65. The topological polar surface area (TPSA) is 93.0 Å². The largest absolute Gasteiger partial charge is 0.395 e. The highest BCUT2D eigenvalue weighted by molar-refractivity contribution is 6.18. The molecular formula is C7H14ClNO4. The second-order valence-corrected chi connectivity index (χ2v) is 3.50. The summed E-state index contributed by atoms with van der Waals surface area (Å²) in [7, 11) is 0. The first-order chi connectivity index (χ1) is 6.11. The number of alkyl halides is 1. The number of rotatable bonds is 2. The van der Waals surface area contributed by atoms with Gasteiger partial charge in [-0.25, -0.2) is 0 Å². The minimum Gasteiger partial charge on any atom is -0.395 e. The van der Waals surface area contributed by atoms with Gasteiger partial charge in [0.2, 0.25) is 0 Å². The van der Waals surface area contributed by atoms with Crippen LogP contribution in [0.2, 0.25) is 0 Å². The van der Waals surface area contributed by atoms with Crippen molar-refractivity contribution in [3.63, 3.8) is 0 Å². The number of nitrogens with one attached hydrogen (secondary N) is 1. The van der Waals surface area contributed by atoms with Crippen molar-refractivity contribution in [3.8, 4) is 0 Å². The van der Waals surface area contributed by atoms with E-state index in [0.717, 1.165) is 0 Å². The molecule has 0 bridgehead atoms. The van der Waals surface area contributed by atoms with Crippen LogP contribution in [0.1, 0.15) is 0 Å². The lowest BCUT2D eigenvalue weighted by Gasteiger charge is -2.40. The van der Waals surface area contributed by atoms with Crippen LogP contribution in [-0.4, -0.2) is 63.3 Å². The molecule has 0 aromatic carbocycles. The van der Waals surface area contributed by atoms with Crippen LogP contribution in [0, 0.1) is 0 Å². The second-order valence-electron chi connectivity index (χ2n) is 3.19. The molecule has 5 atom stereocenters. The molecule has 0 radical (unpaired) electrons. The van der Waals surface area contributed by atoms with Crippen molar-refractivity contribution in [3.05, 3.63) is 0 Å². The molecule has 0 spiro atoms. The summed E-state index contributed by atoms with van der Waals surface area (Å²) in [4.78, 5) is 0. The van der Waals surface area contributed by atoms with Gasteiger partial charge in [0.1, 0.15) is 6.10 Å². The Hall–Kier alpha value is 0.0900. The van der Waals surface area contributed by atoms with E-state index in [1.807, 2.05) is 0 Å². The van der Waals surface area contributed by atoms with Gasteiger partial charge < -0.3 is 25.7 Å². The predicted molar refractivity (Wildman–Crippen MR) is 46.5 cm³/mol.